The van der Waals surface area contributed by atoms with Crippen LogP contribution in [0, 0.1) is 6.54 Å². The van der Waals surface area contributed by atoms with Crippen LogP contribution >= 0.6 is 11.8 Å². The average molecular weight is 252 g/mol. The van der Waals surface area contributed by atoms with E-state index in [4.69, 9.17) is 0 Å². The van der Waals surface area contributed by atoms with Gasteiger partial charge in [0.2, 0.25) is 0 Å². The Balaban J connectivity index is 2.09. The van der Waals surface area contributed by atoms with Gasteiger partial charge in [-0.05, 0) is 12.1 Å². The lowest BCUT2D eigenvalue weighted by molar-refractivity contribution is 0.272. The molecule has 0 fully saturated rings. The van der Waals surface area contributed by atoms with Gasteiger partial charge in [-0.1, -0.05) is 31.8 Å². The maximum atomic E-state index is 10.1. The van der Waals surface area contributed by atoms with E-state index in [2.05, 4.69) is 42.7 Å². The molecule has 1 aromatic rings. The minimum atomic E-state index is -1.50. The molecule has 1 aromatic carbocycles. The van der Waals surface area contributed by atoms with Crippen LogP contribution in [0.2, 0.25) is 19.6 Å². The van der Waals surface area contributed by atoms with E-state index in [9.17, 15) is 5.11 Å². The Morgan fingerprint density at radius 3 is 2.75 bits per heavy atom. The van der Waals surface area contributed by atoms with Gasteiger partial charge >= 0.3 is 0 Å². The summed E-state index contributed by atoms with van der Waals surface area (Å²) in [5.74, 6) is 0.918. The van der Waals surface area contributed by atoms with Crippen LogP contribution in [-0.4, -0.2) is 24.8 Å². The highest BCUT2D eigenvalue weighted by Crippen LogP contribution is 2.39. The summed E-state index contributed by atoms with van der Waals surface area (Å²) in [5, 5.41) is 10.1. The van der Waals surface area contributed by atoms with E-state index in [1.165, 1.54) is 10.6 Å². The van der Waals surface area contributed by atoms with Crippen LogP contribution in [0.5, 0.6) is 0 Å². The Labute approximate surface area is 103 Å². The van der Waals surface area contributed by atoms with Gasteiger partial charge in [0.25, 0.3) is 0 Å². The quantitative estimate of drug-likeness (QED) is 0.837. The zero-order valence-corrected chi connectivity index (χ0v) is 11.8. The number of thioether (sulfide) groups is 1. The molecule has 1 N–H and O–H groups in total. The molecule has 0 aromatic heterocycles. The number of benzene rings is 1. The van der Waals surface area contributed by atoms with Crippen molar-refractivity contribution in [3.63, 3.8) is 0 Å². The van der Waals surface area contributed by atoms with Gasteiger partial charge in [0.05, 0.1) is 31.9 Å². The fourth-order valence-electron chi connectivity index (χ4n) is 1.54. The van der Waals surface area contributed by atoms with Crippen molar-refractivity contribution < 1.29 is 5.11 Å². The van der Waals surface area contributed by atoms with Crippen LogP contribution in [0.25, 0.3) is 0 Å². The fraction of sp³-hybridized carbons (Fsp3) is 0.417. The zero-order valence-electron chi connectivity index (χ0n) is 9.97. The molecule has 1 heterocycles. The van der Waals surface area contributed by atoms with E-state index in [-0.39, 0.29) is 5.73 Å². The molecule has 1 aliphatic rings. The first-order chi connectivity index (χ1) is 7.48. The van der Waals surface area contributed by atoms with Gasteiger partial charge < -0.3 is 10.0 Å². The minimum Gasteiger partial charge on any atom is -0.394 e. The summed E-state index contributed by atoms with van der Waals surface area (Å²) >= 11 is 1.83. The fourth-order valence-corrected chi connectivity index (χ4v) is 3.18. The van der Waals surface area contributed by atoms with Crippen molar-refractivity contribution in [3.05, 3.63) is 30.8 Å². The third kappa shape index (κ3) is 2.44. The van der Waals surface area contributed by atoms with E-state index in [1.807, 2.05) is 24.4 Å². The van der Waals surface area contributed by atoms with Crippen molar-refractivity contribution in [1.82, 2.24) is 0 Å². The molecule has 2 rings (SSSR count). The average Bonchev–Trinajstić information content (AvgIpc) is 2.61. The first kappa shape index (κ1) is 12.0. The topological polar surface area (TPSA) is 23.5 Å². The van der Waals surface area contributed by atoms with Gasteiger partial charge in [0.1, 0.15) is 0 Å². The standard InChI is InChI=1S/C12H18NOSSi/c1-16(2,3)12(14)8-13-9-15-11-7-5-4-6-10(11)13/h4-8,12,14H,9H2,1-3H3. The van der Waals surface area contributed by atoms with Crippen LogP contribution in [0.4, 0.5) is 5.69 Å². The van der Waals surface area contributed by atoms with Gasteiger partial charge in [-0.15, -0.1) is 11.8 Å². The van der Waals surface area contributed by atoms with Crippen molar-refractivity contribution in [2.45, 2.75) is 30.3 Å². The molecule has 0 spiro atoms. The van der Waals surface area contributed by atoms with Gasteiger partial charge in [0, 0.05) is 4.90 Å². The van der Waals surface area contributed by atoms with Gasteiger partial charge in [-0.2, -0.15) is 0 Å². The molecule has 0 saturated heterocycles. The van der Waals surface area contributed by atoms with Crippen molar-refractivity contribution in [3.8, 4) is 0 Å². The monoisotopic (exact) mass is 252 g/mol. The largest absolute Gasteiger partial charge is 0.394 e. The number of rotatable bonds is 3. The summed E-state index contributed by atoms with van der Waals surface area (Å²) in [6.45, 7) is 8.54. The first-order valence-corrected chi connectivity index (χ1v) is 10.1. The number of hydrogen-bond acceptors (Lipinski definition) is 3. The second-order valence-electron chi connectivity index (χ2n) is 5.17. The van der Waals surface area contributed by atoms with Crippen LogP contribution in [-0.2, 0) is 0 Å². The third-order valence-electron chi connectivity index (χ3n) is 2.74. The number of hydrogen-bond donors (Lipinski definition) is 1. The minimum absolute atomic E-state index is 0.278. The smallest absolute Gasteiger partial charge is 0.0809 e. The van der Waals surface area contributed by atoms with Crippen molar-refractivity contribution in [1.29, 1.82) is 0 Å². The van der Waals surface area contributed by atoms with E-state index >= 15 is 0 Å². The van der Waals surface area contributed by atoms with Gasteiger partial charge in [-0.3, -0.25) is 0 Å². The summed E-state index contributed by atoms with van der Waals surface area (Å²) < 4.78 is 0. The summed E-state index contributed by atoms with van der Waals surface area (Å²) in [4.78, 5) is 3.48. The number of aliphatic hydroxyl groups is 1. The molecule has 0 bridgehead atoms. The number of fused-ring (bicyclic) bond motifs is 1. The maximum Gasteiger partial charge on any atom is 0.0809 e. The normalized spacial score (nSPS) is 17.4. The lowest BCUT2D eigenvalue weighted by Gasteiger charge is -2.28. The van der Waals surface area contributed by atoms with Crippen LogP contribution < -0.4 is 4.90 Å². The maximum absolute atomic E-state index is 10.1. The molecule has 0 saturated carbocycles. The molecule has 0 aliphatic carbocycles. The van der Waals surface area contributed by atoms with Crippen LogP contribution in [0.3, 0.4) is 0 Å². The highest BCUT2D eigenvalue weighted by atomic mass is 32.2. The summed E-state index contributed by atoms with van der Waals surface area (Å²) in [5.41, 5.74) is 0.948. The van der Waals surface area contributed by atoms with Crippen molar-refractivity contribution in [2.75, 3.05) is 10.8 Å². The Morgan fingerprint density at radius 1 is 1.38 bits per heavy atom. The van der Waals surface area contributed by atoms with Gasteiger partial charge in [0.15, 0.2) is 0 Å². The Bertz CT molecular complexity index is 378. The third-order valence-corrected chi connectivity index (χ3v) is 5.73. The first-order valence-electron chi connectivity index (χ1n) is 5.50. The highest BCUT2D eigenvalue weighted by Gasteiger charge is 2.29. The van der Waals surface area contributed by atoms with Crippen LogP contribution in [0.1, 0.15) is 0 Å². The summed E-state index contributed by atoms with van der Waals surface area (Å²) in [7, 11) is -1.50. The molecule has 0 amide bonds. The predicted octanol–water partition coefficient (Wildman–Crippen LogP) is 2.96. The zero-order chi connectivity index (χ0) is 11.8. The molecular weight excluding hydrogens is 234 g/mol. The molecule has 1 radical (unpaired) electrons. The lowest BCUT2D eigenvalue weighted by Crippen LogP contribution is -2.42. The molecular formula is C12H18NOSSi. The SMILES string of the molecule is C[Si](C)(C)C(O)[CH]N1CSc2ccccc21. The Kier molecular flexibility index (Phi) is 3.33. The molecule has 4 heteroatoms. The summed E-state index contributed by atoms with van der Waals surface area (Å²) in [6, 6.07) is 8.36. The second kappa shape index (κ2) is 4.43. The molecule has 1 atom stereocenters. The molecule has 16 heavy (non-hydrogen) atoms. The highest BCUT2D eigenvalue weighted by molar-refractivity contribution is 7.99. The van der Waals surface area contributed by atoms with E-state index in [0.717, 1.165) is 5.88 Å². The molecule has 2 nitrogen and oxygen atoms in total. The summed E-state index contributed by atoms with van der Waals surface area (Å²) in [6.07, 6.45) is 0. The van der Waals surface area contributed by atoms with E-state index < -0.39 is 8.07 Å². The molecule has 1 unspecified atom stereocenters. The number of anilines is 1. The molecule has 1 aliphatic heterocycles. The number of para-hydroxylation sites is 1. The Morgan fingerprint density at radius 2 is 2.06 bits per heavy atom. The lowest BCUT2D eigenvalue weighted by atomic mass is 10.3. The van der Waals surface area contributed by atoms with E-state index in [0.29, 0.717) is 0 Å². The Hall–Kier alpha value is -0.453. The molecule has 87 valence electrons. The van der Waals surface area contributed by atoms with Crippen LogP contribution in [0.15, 0.2) is 29.2 Å². The van der Waals surface area contributed by atoms with E-state index in [1.54, 1.807) is 0 Å². The number of nitrogens with zero attached hydrogens (tertiary/aromatic N) is 1. The van der Waals surface area contributed by atoms with Crippen molar-refractivity contribution in [2.24, 2.45) is 0 Å². The predicted molar refractivity (Wildman–Crippen MR) is 73.3 cm³/mol. The van der Waals surface area contributed by atoms with Crippen molar-refractivity contribution >= 4 is 25.5 Å². The number of aliphatic hydroxyl groups excluding tert-OH is 1. The van der Waals surface area contributed by atoms with Gasteiger partial charge in [-0.25, -0.2) is 0 Å². The second-order valence-corrected chi connectivity index (χ2v) is 11.5.